The lowest BCUT2D eigenvalue weighted by atomic mass is 10.4. The Bertz CT molecular complexity index is 457. The molecule has 0 fully saturated rings. The predicted octanol–water partition coefficient (Wildman–Crippen LogP) is 0.916. The maximum Gasteiger partial charge on any atom is 0.371 e. The summed E-state index contributed by atoms with van der Waals surface area (Å²) in [6, 6.07) is 2.30. The van der Waals surface area contributed by atoms with E-state index in [2.05, 4.69) is 10.6 Å². The number of carbonyl (C=O) groups is 3. The molecule has 0 aliphatic carbocycles. The molecule has 0 bridgehead atoms. The number of aromatic carboxylic acids is 1. The fourth-order valence-electron chi connectivity index (χ4n) is 1.01. The van der Waals surface area contributed by atoms with Crippen molar-refractivity contribution in [3.05, 3.63) is 17.9 Å². The number of carboxylic acids is 1. The molecule has 0 aliphatic heterocycles. The molecule has 98 valence electrons. The first-order valence-electron chi connectivity index (χ1n) is 5.00. The van der Waals surface area contributed by atoms with Crippen LogP contribution in [0, 0.1) is 0 Å². The topological polar surface area (TPSA) is 109 Å². The number of carbonyl (C=O) groups excluding carboxylic acids is 2. The lowest BCUT2D eigenvalue weighted by Gasteiger charge is -2.01. The molecule has 0 radical (unpaired) electrons. The first kappa shape index (κ1) is 14.1. The van der Waals surface area contributed by atoms with E-state index in [4.69, 9.17) is 9.52 Å². The van der Waals surface area contributed by atoms with Gasteiger partial charge in [-0.1, -0.05) is 11.8 Å². The van der Waals surface area contributed by atoms with Crippen LogP contribution in [0.15, 0.2) is 21.6 Å². The van der Waals surface area contributed by atoms with Crippen LogP contribution in [0.1, 0.15) is 17.0 Å². The third-order valence-electron chi connectivity index (χ3n) is 1.85. The van der Waals surface area contributed by atoms with Gasteiger partial charge in [0.2, 0.25) is 11.7 Å². The smallest absolute Gasteiger partial charge is 0.371 e. The predicted molar refractivity (Wildman–Crippen MR) is 63.6 cm³/mol. The molecule has 0 saturated heterocycles. The quantitative estimate of drug-likeness (QED) is 0.688. The molecule has 1 rings (SSSR count). The van der Waals surface area contributed by atoms with Crippen LogP contribution in [0.3, 0.4) is 0 Å². The number of urea groups is 1. The Hall–Kier alpha value is -1.96. The minimum absolute atomic E-state index is 0.126. The summed E-state index contributed by atoms with van der Waals surface area (Å²) in [5.41, 5.74) is 0. The van der Waals surface area contributed by atoms with Crippen molar-refractivity contribution in [3.8, 4) is 0 Å². The van der Waals surface area contributed by atoms with Crippen molar-refractivity contribution < 1.29 is 23.9 Å². The molecular weight excluding hydrogens is 260 g/mol. The van der Waals surface area contributed by atoms with E-state index in [-0.39, 0.29) is 12.2 Å². The molecule has 1 heterocycles. The van der Waals surface area contributed by atoms with Crippen molar-refractivity contribution in [2.24, 2.45) is 0 Å². The van der Waals surface area contributed by atoms with Gasteiger partial charge in [0, 0.05) is 19.2 Å². The van der Waals surface area contributed by atoms with Crippen molar-refractivity contribution in [1.29, 1.82) is 0 Å². The van der Waals surface area contributed by atoms with Gasteiger partial charge >= 0.3 is 12.0 Å². The molecule has 0 aliphatic rings. The maximum atomic E-state index is 11.2. The highest BCUT2D eigenvalue weighted by molar-refractivity contribution is 7.99. The van der Waals surface area contributed by atoms with Gasteiger partial charge < -0.3 is 14.8 Å². The van der Waals surface area contributed by atoms with Gasteiger partial charge in [0.1, 0.15) is 0 Å². The van der Waals surface area contributed by atoms with Crippen LogP contribution in [-0.4, -0.2) is 35.8 Å². The van der Waals surface area contributed by atoms with E-state index in [0.29, 0.717) is 10.8 Å². The summed E-state index contributed by atoms with van der Waals surface area (Å²) in [7, 11) is 1.41. The number of imide groups is 1. The van der Waals surface area contributed by atoms with Gasteiger partial charge in [0.15, 0.2) is 5.09 Å². The Morgan fingerprint density at radius 3 is 2.67 bits per heavy atom. The van der Waals surface area contributed by atoms with E-state index in [1.807, 2.05) is 0 Å². The third kappa shape index (κ3) is 4.50. The summed E-state index contributed by atoms with van der Waals surface area (Å²) in [6.07, 6.45) is 0.126. The van der Waals surface area contributed by atoms with Gasteiger partial charge in [-0.2, -0.15) is 0 Å². The Morgan fingerprint density at radius 2 is 2.11 bits per heavy atom. The van der Waals surface area contributed by atoms with Gasteiger partial charge in [-0.15, -0.1) is 0 Å². The summed E-state index contributed by atoms with van der Waals surface area (Å²) >= 11 is 1.20. The van der Waals surface area contributed by atoms with Crippen molar-refractivity contribution in [2.75, 3.05) is 12.8 Å². The average molecular weight is 272 g/mol. The summed E-state index contributed by atoms with van der Waals surface area (Å²) < 4.78 is 4.98. The molecule has 1 aromatic heterocycles. The molecule has 8 heteroatoms. The van der Waals surface area contributed by atoms with Crippen molar-refractivity contribution >= 4 is 29.7 Å². The average Bonchev–Trinajstić information content (AvgIpc) is 2.77. The summed E-state index contributed by atoms with van der Waals surface area (Å²) in [6.45, 7) is 0. The third-order valence-corrected chi connectivity index (χ3v) is 2.76. The number of rotatable bonds is 5. The molecule has 0 unspecified atom stereocenters. The van der Waals surface area contributed by atoms with Crippen LogP contribution in [0.4, 0.5) is 4.79 Å². The van der Waals surface area contributed by atoms with Crippen molar-refractivity contribution in [3.63, 3.8) is 0 Å². The Balaban J connectivity index is 2.30. The van der Waals surface area contributed by atoms with Crippen LogP contribution in [0.25, 0.3) is 0 Å². The molecule has 0 atom stereocenters. The molecule has 0 aromatic carbocycles. The van der Waals surface area contributed by atoms with Crippen LogP contribution < -0.4 is 10.6 Å². The fourth-order valence-corrected chi connectivity index (χ4v) is 1.81. The van der Waals surface area contributed by atoms with E-state index in [0.717, 1.165) is 0 Å². The number of hydrogen-bond donors (Lipinski definition) is 3. The van der Waals surface area contributed by atoms with Crippen LogP contribution in [-0.2, 0) is 4.79 Å². The van der Waals surface area contributed by atoms with E-state index in [1.54, 1.807) is 0 Å². The largest absolute Gasteiger partial charge is 0.475 e. The van der Waals surface area contributed by atoms with Crippen molar-refractivity contribution in [1.82, 2.24) is 10.6 Å². The standard InChI is InChI=1S/C10H12N2O5S/c1-11-10(16)12-7(13)4-5-18-8-3-2-6(17-8)9(14)15/h2-3H,4-5H2,1H3,(H,14,15)(H2,11,12,13,16). The second-order valence-electron chi connectivity index (χ2n) is 3.15. The van der Waals surface area contributed by atoms with Crippen LogP contribution in [0.2, 0.25) is 0 Å². The van der Waals surface area contributed by atoms with E-state index in [1.165, 1.54) is 30.9 Å². The highest BCUT2D eigenvalue weighted by Gasteiger charge is 2.10. The minimum atomic E-state index is -1.14. The summed E-state index contributed by atoms with van der Waals surface area (Å²) in [4.78, 5) is 32.5. The zero-order valence-corrected chi connectivity index (χ0v) is 10.4. The zero-order chi connectivity index (χ0) is 13.5. The molecule has 0 saturated carbocycles. The highest BCUT2D eigenvalue weighted by atomic mass is 32.2. The Kier molecular flexibility index (Phi) is 5.25. The summed E-state index contributed by atoms with van der Waals surface area (Å²) in [5, 5.41) is 13.4. The van der Waals surface area contributed by atoms with Gasteiger partial charge in [-0.25, -0.2) is 9.59 Å². The number of carboxylic acid groups (broad SMARTS) is 1. The first-order chi connectivity index (χ1) is 8.52. The van der Waals surface area contributed by atoms with E-state index in [9.17, 15) is 14.4 Å². The second kappa shape index (κ2) is 6.70. The Labute approximate surface area is 107 Å². The second-order valence-corrected chi connectivity index (χ2v) is 4.25. The normalized spacial score (nSPS) is 9.83. The van der Waals surface area contributed by atoms with Gasteiger partial charge in [0.25, 0.3) is 0 Å². The summed E-state index contributed by atoms with van der Waals surface area (Å²) in [5.74, 6) is -1.31. The first-order valence-corrected chi connectivity index (χ1v) is 5.99. The van der Waals surface area contributed by atoms with Crippen molar-refractivity contribution in [2.45, 2.75) is 11.5 Å². The fraction of sp³-hybridized carbons (Fsp3) is 0.300. The SMILES string of the molecule is CNC(=O)NC(=O)CCSc1ccc(C(=O)O)o1. The van der Waals surface area contributed by atoms with Gasteiger partial charge in [-0.05, 0) is 12.1 Å². The highest BCUT2D eigenvalue weighted by Crippen LogP contribution is 2.21. The number of nitrogens with one attached hydrogen (secondary N) is 2. The molecular formula is C10H12N2O5S. The number of hydrogen-bond acceptors (Lipinski definition) is 5. The number of thioether (sulfide) groups is 1. The van der Waals surface area contributed by atoms with Gasteiger partial charge in [-0.3, -0.25) is 10.1 Å². The molecule has 18 heavy (non-hydrogen) atoms. The number of amides is 3. The van der Waals surface area contributed by atoms with Gasteiger partial charge in [0.05, 0.1) is 0 Å². The van der Waals surface area contributed by atoms with Crippen LogP contribution in [0.5, 0.6) is 0 Å². The lowest BCUT2D eigenvalue weighted by Crippen LogP contribution is -2.37. The molecule has 0 spiro atoms. The lowest BCUT2D eigenvalue weighted by molar-refractivity contribution is -0.119. The number of furan rings is 1. The molecule has 3 amide bonds. The molecule has 7 nitrogen and oxygen atoms in total. The molecule has 3 N–H and O–H groups in total. The minimum Gasteiger partial charge on any atom is -0.475 e. The Morgan fingerprint density at radius 1 is 1.39 bits per heavy atom. The van der Waals surface area contributed by atoms with E-state index < -0.39 is 17.9 Å². The monoisotopic (exact) mass is 272 g/mol. The molecule has 1 aromatic rings. The van der Waals surface area contributed by atoms with E-state index >= 15 is 0 Å². The van der Waals surface area contributed by atoms with Crippen LogP contribution >= 0.6 is 11.8 Å². The maximum absolute atomic E-state index is 11.2. The zero-order valence-electron chi connectivity index (χ0n) is 9.56.